The smallest absolute Gasteiger partial charge is 0.421 e. The molecule has 0 N–H and O–H groups in total. The first-order chi connectivity index (χ1) is 6.73. The molecular formula is C10H11O3P. The zero-order valence-corrected chi connectivity index (χ0v) is 8.52. The van der Waals surface area contributed by atoms with Crippen molar-refractivity contribution in [3.63, 3.8) is 0 Å². The second kappa shape index (κ2) is 4.68. The van der Waals surface area contributed by atoms with Crippen molar-refractivity contribution in [1.29, 1.82) is 0 Å². The molecule has 4 heteroatoms. The Balaban J connectivity index is 3.05. The minimum Gasteiger partial charge on any atom is -0.421 e. The minimum atomic E-state index is -3.31. The summed E-state index contributed by atoms with van der Waals surface area (Å²) in [5.41, 5.74) is 0. The average molecular weight is 210 g/mol. The molecule has 1 aromatic rings. The van der Waals surface area contributed by atoms with E-state index in [2.05, 4.69) is 13.2 Å². The molecule has 0 aromatic heterocycles. The average Bonchev–Trinajstić information content (AvgIpc) is 2.20. The molecule has 0 heterocycles. The van der Waals surface area contributed by atoms with Crippen LogP contribution in [0.15, 0.2) is 56.0 Å². The Morgan fingerprint density at radius 3 is 2.00 bits per heavy atom. The first-order valence-electron chi connectivity index (χ1n) is 3.97. The van der Waals surface area contributed by atoms with Gasteiger partial charge in [0.25, 0.3) is 0 Å². The summed E-state index contributed by atoms with van der Waals surface area (Å²) in [5.74, 6) is 0. The quantitative estimate of drug-likeness (QED) is 0.553. The number of hydrogen-bond acceptors (Lipinski definition) is 3. The molecule has 0 bridgehead atoms. The van der Waals surface area contributed by atoms with Crippen molar-refractivity contribution in [2.24, 2.45) is 0 Å². The van der Waals surface area contributed by atoms with Crippen LogP contribution in [-0.2, 0) is 13.6 Å². The van der Waals surface area contributed by atoms with E-state index in [1.807, 2.05) is 6.07 Å². The third kappa shape index (κ3) is 2.27. The predicted molar refractivity (Wildman–Crippen MR) is 56.2 cm³/mol. The van der Waals surface area contributed by atoms with Gasteiger partial charge in [0.1, 0.15) is 0 Å². The molecule has 0 amide bonds. The van der Waals surface area contributed by atoms with Crippen molar-refractivity contribution >= 4 is 12.9 Å². The van der Waals surface area contributed by atoms with Crippen molar-refractivity contribution in [3.8, 4) is 0 Å². The molecular weight excluding hydrogens is 199 g/mol. The minimum absolute atomic E-state index is 0.472. The van der Waals surface area contributed by atoms with Gasteiger partial charge in [0.15, 0.2) is 0 Å². The second-order valence-electron chi connectivity index (χ2n) is 2.38. The van der Waals surface area contributed by atoms with Crippen LogP contribution in [0.2, 0.25) is 0 Å². The van der Waals surface area contributed by atoms with E-state index in [4.69, 9.17) is 9.05 Å². The summed E-state index contributed by atoms with van der Waals surface area (Å²) in [6.45, 7) is 6.69. The van der Waals surface area contributed by atoms with Gasteiger partial charge in [0.05, 0.1) is 17.8 Å². The highest BCUT2D eigenvalue weighted by molar-refractivity contribution is 7.62. The summed E-state index contributed by atoms with van der Waals surface area (Å²) in [7, 11) is -3.31. The molecule has 0 radical (unpaired) electrons. The van der Waals surface area contributed by atoms with Gasteiger partial charge in [0, 0.05) is 0 Å². The van der Waals surface area contributed by atoms with E-state index in [0.29, 0.717) is 5.30 Å². The number of hydrogen-bond donors (Lipinski definition) is 0. The molecule has 3 nitrogen and oxygen atoms in total. The molecule has 0 aliphatic heterocycles. The maximum absolute atomic E-state index is 12.0. The lowest BCUT2D eigenvalue weighted by atomic mass is 10.4. The SMILES string of the molecule is C=COP(=O)(OC=C)c1ccccc1. The Hall–Kier alpha value is -1.47. The highest BCUT2D eigenvalue weighted by atomic mass is 31.2. The monoisotopic (exact) mass is 210 g/mol. The zero-order valence-electron chi connectivity index (χ0n) is 7.63. The van der Waals surface area contributed by atoms with E-state index < -0.39 is 7.60 Å². The van der Waals surface area contributed by atoms with Crippen molar-refractivity contribution < 1.29 is 13.6 Å². The molecule has 0 fully saturated rings. The first-order valence-corrected chi connectivity index (χ1v) is 5.51. The van der Waals surface area contributed by atoms with Gasteiger partial charge in [-0.2, -0.15) is 0 Å². The Kier molecular flexibility index (Phi) is 3.55. The fraction of sp³-hybridized carbons (Fsp3) is 0. The normalized spacial score (nSPS) is 10.3. The molecule has 14 heavy (non-hydrogen) atoms. The lowest BCUT2D eigenvalue weighted by Crippen LogP contribution is -2.05. The zero-order chi connectivity index (χ0) is 10.4. The van der Waals surface area contributed by atoms with Gasteiger partial charge in [0.2, 0.25) is 0 Å². The van der Waals surface area contributed by atoms with E-state index in [0.717, 1.165) is 12.5 Å². The molecule has 74 valence electrons. The molecule has 0 spiro atoms. The molecule has 0 aliphatic carbocycles. The van der Waals surface area contributed by atoms with Crippen LogP contribution in [0.25, 0.3) is 0 Å². The lowest BCUT2D eigenvalue weighted by molar-refractivity contribution is 0.341. The molecule has 0 saturated heterocycles. The summed E-state index contributed by atoms with van der Waals surface area (Å²) in [5, 5.41) is 0.472. The highest BCUT2D eigenvalue weighted by Crippen LogP contribution is 2.47. The van der Waals surface area contributed by atoms with Gasteiger partial charge in [-0.25, -0.2) is 4.57 Å². The van der Waals surface area contributed by atoms with Crippen LogP contribution in [0.1, 0.15) is 0 Å². The Morgan fingerprint density at radius 2 is 1.57 bits per heavy atom. The summed E-state index contributed by atoms with van der Waals surface area (Å²) in [6, 6.07) is 8.64. The van der Waals surface area contributed by atoms with Crippen LogP contribution in [0.4, 0.5) is 0 Å². The van der Waals surface area contributed by atoms with E-state index in [1.165, 1.54) is 0 Å². The Labute approximate surface area is 83.2 Å². The summed E-state index contributed by atoms with van der Waals surface area (Å²) >= 11 is 0. The van der Waals surface area contributed by atoms with Gasteiger partial charge in [-0.1, -0.05) is 31.4 Å². The Morgan fingerprint density at radius 1 is 1.07 bits per heavy atom. The van der Waals surface area contributed by atoms with Gasteiger partial charge in [-0.15, -0.1) is 0 Å². The van der Waals surface area contributed by atoms with Gasteiger partial charge >= 0.3 is 7.60 Å². The number of benzene rings is 1. The van der Waals surface area contributed by atoms with Crippen LogP contribution in [0.5, 0.6) is 0 Å². The Bertz CT molecular complexity index is 345. The highest BCUT2D eigenvalue weighted by Gasteiger charge is 2.27. The van der Waals surface area contributed by atoms with E-state index in [-0.39, 0.29) is 0 Å². The van der Waals surface area contributed by atoms with Crippen molar-refractivity contribution in [2.45, 2.75) is 0 Å². The third-order valence-corrected chi connectivity index (χ3v) is 3.28. The second-order valence-corrected chi connectivity index (χ2v) is 4.31. The molecule has 0 atom stereocenters. The molecule has 1 rings (SSSR count). The summed E-state index contributed by atoms with van der Waals surface area (Å²) in [6.07, 6.45) is 2.19. The lowest BCUT2D eigenvalue weighted by Gasteiger charge is -2.14. The van der Waals surface area contributed by atoms with Gasteiger partial charge in [-0.05, 0) is 12.1 Å². The van der Waals surface area contributed by atoms with E-state index >= 15 is 0 Å². The first kappa shape index (κ1) is 10.6. The maximum atomic E-state index is 12.0. The van der Waals surface area contributed by atoms with Crippen LogP contribution >= 0.6 is 7.60 Å². The van der Waals surface area contributed by atoms with E-state index in [1.54, 1.807) is 24.3 Å². The molecule has 0 unspecified atom stereocenters. The van der Waals surface area contributed by atoms with Crippen LogP contribution in [-0.4, -0.2) is 0 Å². The largest absolute Gasteiger partial charge is 0.461 e. The fourth-order valence-corrected chi connectivity index (χ4v) is 2.18. The maximum Gasteiger partial charge on any atom is 0.461 e. The predicted octanol–water partition coefficient (Wildman–Crippen LogP) is 2.83. The van der Waals surface area contributed by atoms with E-state index in [9.17, 15) is 4.57 Å². The summed E-state index contributed by atoms with van der Waals surface area (Å²) < 4.78 is 21.8. The van der Waals surface area contributed by atoms with Crippen LogP contribution in [0, 0.1) is 0 Å². The molecule has 0 saturated carbocycles. The van der Waals surface area contributed by atoms with Crippen LogP contribution in [0.3, 0.4) is 0 Å². The molecule has 0 aliphatic rings. The third-order valence-electron chi connectivity index (χ3n) is 1.50. The topological polar surface area (TPSA) is 35.5 Å². The fourth-order valence-electron chi connectivity index (χ4n) is 0.953. The van der Waals surface area contributed by atoms with Crippen molar-refractivity contribution in [1.82, 2.24) is 0 Å². The van der Waals surface area contributed by atoms with Crippen molar-refractivity contribution in [2.75, 3.05) is 0 Å². The summed E-state index contributed by atoms with van der Waals surface area (Å²) in [4.78, 5) is 0. The standard InChI is InChI=1S/C10H11O3P/c1-3-12-14(11,13-4-2)10-8-6-5-7-9-10/h3-9H,1-2H2. The van der Waals surface area contributed by atoms with Crippen molar-refractivity contribution in [3.05, 3.63) is 56.0 Å². The van der Waals surface area contributed by atoms with Crippen LogP contribution < -0.4 is 5.30 Å². The molecule has 1 aromatic carbocycles. The van der Waals surface area contributed by atoms with Gasteiger partial charge in [-0.3, -0.25) is 0 Å². The van der Waals surface area contributed by atoms with Gasteiger partial charge < -0.3 is 9.05 Å². The number of rotatable bonds is 5.